The van der Waals surface area contributed by atoms with E-state index in [9.17, 15) is 4.79 Å². The zero-order chi connectivity index (χ0) is 11.3. The number of halogens is 1. The van der Waals surface area contributed by atoms with Crippen molar-refractivity contribution in [2.24, 2.45) is 0 Å². The van der Waals surface area contributed by atoms with Gasteiger partial charge in [0.05, 0.1) is 0 Å². The zero-order valence-corrected chi connectivity index (χ0v) is 11.2. The van der Waals surface area contributed by atoms with Crippen LogP contribution in [0.5, 0.6) is 0 Å². The van der Waals surface area contributed by atoms with E-state index in [0.717, 1.165) is 17.4 Å². The van der Waals surface area contributed by atoms with Crippen molar-refractivity contribution in [2.75, 3.05) is 12.8 Å². The highest BCUT2D eigenvalue weighted by molar-refractivity contribution is 9.10. The van der Waals surface area contributed by atoms with Crippen LogP contribution >= 0.6 is 27.7 Å². The molecule has 1 atom stereocenters. The van der Waals surface area contributed by atoms with Crippen LogP contribution < -0.4 is 5.32 Å². The number of H-pyrrole nitrogens is 1. The molecule has 0 fully saturated rings. The fraction of sp³-hybridized carbons (Fsp3) is 0.500. The Bertz CT molecular complexity index is 327. The van der Waals surface area contributed by atoms with Gasteiger partial charge in [-0.05, 0) is 34.7 Å². The van der Waals surface area contributed by atoms with Gasteiger partial charge in [-0.3, -0.25) is 4.79 Å². The second kappa shape index (κ2) is 6.23. The number of carbonyl (C=O) groups is 1. The Morgan fingerprint density at radius 2 is 2.47 bits per heavy atom. The van der Waals surface area contributed by atoms with Gasteiger partial charge in [0.1, 0.15) is 5.69 Å². The van der Waals surface area contributed by atoms with Crippen molar-refractivity contribution in [1.29, 1.82) is 0 Å². The molecule has 0 bridgehead atoms. The maximum atomic E-state index is 11.6. The molecular weight excluding hydrogens is 276 g/mol. The Balaban J connectivity index is 2.31. The highest BCUT2D eigenvalue weighted by atomic mass is 79.9. The van der Waals surface area contributed by atoms with E-state index < -0.39 is 0 Å². The van der Waals surface area contributed by atoms with Gasteiger partial charge >= 0.3 is 0 Å². The summed E-state index contributed by atoms with van der Waals surface area (Å²) in [7, 11) is 0. The normalized spacial score (nSPS) is 12.5. The van der Waals surface area contributed by atoms with E-state index in [1.165, 1.54) is 0 Å². The fourth-order valence-corrected chi connectivity index (χ4v) is 1.80. The molecular formula is C10H15BrN2OS. The lowest BCUT2D eigenvalue weighted by Gasteiger charge is -2.08. The van der Waals surface area contributed by atoms with Crippen molar-refractivity contribution in [3.8, 4) is 0 Å². The van der Waals surface area contributed by atoms with Gasteiger partial charge in [0, 0.05) is 22.5 Å². The molecule has 2 N–H and O–H groups in total. The van der Waals surface area contributed by atoms with Crippen molar-refractivity contribution in [3.63, 3.8) is 0 Å². The summed E-state index contributed by atoms with van der Waals surface area (Å²) in [6, 6.07) is 1.77. The topological polar surface area (TPSA) is 44.9 Å². The summed E-state index contributed by atoms with van der Waals surface area (Å²) in [5.74, 6) is -0.0472. The van der Waals surface area contributed by atoms with Crippen molar-refractivity contribution in [1.82, 2.24) is 10.3 Å². The molecule has 0 aliphatic rings. The zero-order valence-electron chi connectivity index (χ0n) is 8.84. The van der Waals surface area contributed by atoms with Crippen LogP contribution in [0.4, 0.5) is 0 Å². The molecule has 1 rings (SSSR count). The summed E-state index contributed by atoms with van der Waals surface area (Å²) in [5, 5.41) is 3.46. The van der Waals surface area contributed by atoms with Crippen LogP contribution in [0.1, 0.15) is 23.8 Å². The van der Waals surface area contributed by atoms with Gasteiger partial charge in [-0.25, -0.2) is 0 Å². The number of hydrogen-bond donors (Lipinski definition) is 2. The third kappa shape index (κ3) is 4.30. The molecule has 1 aromatic rings. The van der Waals surface area contributed by atoms with Crippen LogP contribution in [-0.2, 0) is 0 Å². The number of carbonyl (C=O) groups excluding carboxylic acids is 1. The molecule has 1 heterocycles. The largest absolute Gasteiger partial charge is 0.356 e. The van der Waals surface area contributed by atoms with Crippen molar-refractivity contribution >= 4 is 33.6 Å². The fourth-order valence-electron chi connectivity index (χ4n) is 1.10. The van der Waals surface area contributed by atoms with Crippen LogP contribution in [0.2, 0.25) is 0 Å². The Kier molecular flexibility index (Phi) is 5.25. The van der Waals surface area contributed by atoms with E-state index in [-0.39, 0.29) is 5.91 Å². The Morgan fingerprint density at radius 3 is 3.00 bits per heavy atom. The monoisotopic (exact) mass is 290 g/mol. The summed E-state index contributed by atoms with van der Waals surface area (Å²) in [6.45, 7) is 2.87. The molecule has 5 heteroatoms. The van der Waals surface area contributed by atoms with Gasteiger partial charge in [0.15, 0.2) is 0 Å². The summed E-state index contributed by atoms with van der Waals surface area (Å²) in [6.07, 6.45) is 4.82. The molecule has 0 spiro atoms. The average Bonchev–Trinajstić information content (AvgIpc) is 2.64. The molecule has 0 saturated heterocycles. The quantitative estimate of drug-likeness (QED) is 0.876. The first-order valence-electron chi connectivity index (χ1n) is 4.78. The lowest BCUT2D eigenvalue weighted by molar-refractivity contribution is 0.0949. The van der Waals surface area contributed by atoms with Crippen LogP contribution in [0.15, 0.2) is 16.7 Å². The minimum Gasteiger partial charge on any atom is -0.356 e. The smallest absolute Gasteiger partial charge is 0.267 e. The van der Waals surface area contributed by atoms with Crippen LogP contribution in [0, 0.1) is 0 Å². The Labute approximate surface area is 103 Å². The third-order valence-corrected chi connectivity index (χ3v) is 3.63. The van der Waals surface area contributed by atoms with E-state index in [4.69, 9.17) is 0 Å². The summed E-state index contributed by atoms with van der Waals surface area (Å²) < 4.78 is 0.894. The molecule has 0 aromatic carbocycles. The van der Waals surface area contributed by atoms with Gasteiger partial charge in [-0.15, -0.1) is 0 Å². The first-order chi connectivity index (χ1) is 7.13. The molecule has 0 saturated carbocycles. The van der Waals surface area contributed by atoms with Gasteiger partial charge in [-0.1, -0.05) is 6.92 Å². The Hall–Kier alpha value is -0.420. The second-order valence-corrected chi connectivity index (χ2v) is 5.51. The van der Waals surface area contributed by atoms with E-state index in [1.54, 1.807) is 12.3 Å². The third-order valence-electron chi connectivity index (χ3n) is 2.13. The van der Waals surface area contributed by atoms with Crippen molar-refractivity contribution < 1.29 is 4.79 Å². The highest BCUT2D eigenvalue weighted by Crippen LogP contribution is 2.11. The molecule has 1 aromatic heterocycles. The number of nitrogens with one attached hydrogen (secondary N) is 2. The summed E-state index contributed by atoms with van der Waals surface area (Å²) >= 11 is 5.10. The van der Waals surface area contributed by atoms with Crippen LogP contribution in [-0.4, -0.2) is 28.9 Å². The average molecular weight is 291 g/mol. The lowest BCUT2D eigenvalue weighted by Crippen LogP contribution is -2.26. The first kappa shape index (κ1) is 12.6. The molecule has 1 amide bonds. The number of aromatic nitrogens is 1. The Morgan fingerprint density at radius 1 is 1.73 bits per heavy atom. The number of thioether (sulfide) groups is 1. The molecule has 0 aliphatic carbocycles. The number of rotatable bonds is 5. The van der Waals surface area contributed by atoms with E-state index in [0.29, 0.717) is 10.9 Å². The molecule has 3 nitrogen and oxygen atoms in total. The SMILES string of the molecule is CSC(C)CCNC(=O)c1cc(Br)c[nH]1. The van der Waals surface area contributed by atoms with Crippen molar-refractivity contribution in [2.45, 2.75) is 18.6 Å². The van der Waals surface area contributed by atoms with E-state index in [2.05, 4.69) is 39.4 Å². The van der Waals surface area contributed by atoms with Gasteiger partial charge in [0.25, 0.3) is 5.91 Å². The standard InChI is InChI=1S/C10H15BrN2OS/c1-7(15-2)3-4-12-10(14)9-5-8(11)6-13-9/h5-7,13H,3-4H2,1-2H3,(H,12,14). The van der Waals surface area contributed by atoms with Crippen molar-refractivity contribution in [3.05, 3.63) is 22.4 Å². The number of aromatic amines is 1. The van der Waals surface area contributed by atoms with Crippen LogP contribution in [0.3, 0.4) is 0 Å². The van der Waals surface area contributed by atoms with Crippen LogP contribution in [0.25, 0.3) is 0 Å². The lowest BCUT2D eigenvalue weighted by atomic mass is 10.3. The maximum Gasteiger partial charge on any atom is 0.267 e. The van der Waals surface area contributed by atoms with E-state index in [1.807, 2.05) is 11.8 Å². The van der Waals surface area contributed by atoms with Gasteiger partial charge in [-0.2, -0.15) is 11.8 Å². The van der Waals surface area contributed by atoms with Gasteiger partial charge in [0.2, 0.25) is 0 Å². The predicted octanol–water partition coefficient (Wildman–Crippen LogP) is 2.65. The molecule has 1 unspecified atom stereocenters. The first-order valence-corrected chi connectivity index (χ1v) is 6.86. The molecule has 0 radical (unpaired) electrons. The predicted molar refractivity (Wildman–Crippen MR) is 68.4 cm³/mol. The molecule has 15 heavy (non-hydrogen) atoms. The minimum atomic E-state index is -0.0472. The molecule has 0 aliphatic heterocycles. The van der Waals surface area contributed by atoms with Gasteiger partial charge < -0.3 is 10.3 Å². The second-order valence-electron chi connectivity index (χ2n) is 3.32. The minimum absolute atomic E-state index is 0.0472. The summed E-state index contributed by atoms with van der Waals surface area (Å²) in [4.78, 5) is 14.5. The number of amides is 1. The number of hydrogen-bond acceptors (Lipinski definition) is 2. The highest BCUT2D eigenvalue weighted by Gasteiger charge is 2.07. The maximum absolute atomic E-state index is 11.6. The van der Waals surface area contributed by atoms with E-state index >= 15 is 0 Å². The molecule has 84 valence electrons. The summed E-state index contributed by atoms with van der Waals surface area (Å²) in [5.41, 5.74) is 0.596.